The van der Waals surface area contributed by atoms with Gasteiger partial charge in [-0.3, -0.25) is 10.1 Å². The summed E-state index contributed by atoms with van der Waals surface area (Å²) >= 11 is 4.77. The third kappa shape index (κ3) is 2.91. The zero-order chi connectivity index (χ0) is 14.7. The Balaban J connectivity index is 2.27. The van der Waals surface area contributed by atoms with Crippen molar-refractivity contribution in [1.29, 1.82) is 0 Å². The van der Waals surface area contributed by atoms with Crippen LogP contribution >= 0.6 is 12.2 Å². The molecule has 1 aromatic heterocycles. The third-order valence-corrected chi connectivity index (χ3v) is 2.56. The topological polar surface area (TPSA) is 89.1 Å². The summed E-state index contributed by atoms with van der Waals surface area (Å²) in [5.74, 6) is -0.604. The van der Waals surface area contributed by atoms with Crippen LogP contribution in [0.5, 0.6) is 0 Å². The monoisotopic (exact) mass is 299 g/mol. The van der Waals surface area contributed by atoms with Crippen molar-refractivity contribution in [3.8, 4) is 0 Å². The first-order valence-electron chi connectivity index (χ1n) is 5.23. The number of hydrogen-bond acceptors (Lipinski definition) is 5. The van der Waals surface area contributed by atoms with Crippen LogP contribution in [0.15, 0.2) is 29.4 Å². The summed E-state index contributed by atoms with van der Waals surface area (Å²) in [7, 11) is 0. The van der Waals surface area contributed by atoms with Gasteiger partial charge in [0.1, 0.15) is 0 Å². The molecule has 20 heavy (non-hydrogen) atoms. The zero-order valence-electron chi connectivity index (χ0n) is 9.73. The van der Waals surface area contributed by atoms with Gasteiger partial charge in [-0.25, -0.2) is 13.9 Å². The molecule has 0 aliphatic heterocycles. The molecule has 104 valence electrons. The summed E-state index contributed by atoms with van der Waals surface area (Å²) in [6.07, 6.45) is -1.57. The normalized spacial score (nSPS) is 11.3. The van der Waals surface area contributed by atoms with Gasteiger partial charge in [0.05, 0.1) is 11.1 Å². The molecule has 0 aliphatic rings. The van der Waals surface area contributed by atoms with Crippen molar-refractivity contribution >= 4 is 24.1 Å². The molecule has 0 fully saturated rings. The number of hydrogen-bond donors (Lipinski definition) is 1. The Hall–Kier alpha value is -2.49. The molecule has 2 aromatic rings. The van der Waals surface area contributed by atoms with Crippen molar-refractivity contribution in [3.05, 3.63) is 50.5 Å². The van der Waals surface area contributed by atoms with E-state index in [2.05, 4.69) is 15.3 Å². The molecule has 7 nitrogen and oxygen atoms in total. The summed E-state index contributed by atoms with van der Waals surface area (Å²) in [4.78, 5) is 9.94. The van der Waals surface area contributed by atoms with E-state index < -0.39 is 17.2 Å². The Bertz CT molecular complexity index is 707. The lowest BCUT2D eigenvalue weighted by molar-refractivity contribution is -0.384. The minimum absolute atomic E-state index is 0.0709. The second kappa shape index (κ2) is 5.65. The van der Waals surface area contributed by atoms with Crippen LogP contribution in [0.25, 0.3) is 0 Å². The molecule has 0 bridgehead atoms. The highest BCUT2D eigenvalue weighted by molar-refractivity contribution is 7.71. The van der Waals surface area contributed by atoms with Crippen molar-refractivity contribution in [2.24, 2.45) is 5.10 Å². The highest BCUT2D eigenvalue weighted by Crippen LogP contribution is 2.16. The van der Waals surface area contributed by atoms with Crippen molar-refractivity contribution in [2.45, 2.75) is 6.43 Å². The number of halogens is 2. The van der Waals surface area contributed by atoms with Crippen molar-refractivity contribution in [2.75, 3.05) is 0 Å². The number of alkyl halides is 2. The lowest BCUT2D eigenvalue weighted by Gasteiger charge is -1.98. The average molecular weight is 299 g/mol. The van der Waals surface area contributed by atoms with Gasteiger partial charge < -0.3 is 0 Å². The van der Waals surface area contributed by atoms with E-state index in [4.69, 9.17) is 12.2 Å². The van der Waals surface area contributed by atoms with E-state index in [1.807, 2.05) is 0 Å². The Morgan fingerprint density at radius 1 is 1.45 bits per heavy atom. The smallest absolute Gasteiger partial charge is 0.258 e. The summed E-state index contributed by atoms with van der Waals surface area (Å²) < 4.78 is 25.9. The maximum Gasteiger partial charge on any atom is 0.299 e. The first-order chi connectivity index (χ1) is 9.49. The number of H-pyrrole nitrogens is 1. The van der Waals surface area contributed by atoms with E-state index in [-0.39, 0.29) is 10.5 Å². The lowest BCUT2D eigenvalue weighted by atomic mass is 10.2. The number of non-ortho nitro benzene ring substituents is 1. The van der Waals surface area contributed by atoms with Gasteiger partial charge in [-0.2, -0.15) is 14.9 Å². The Morgan fingerprint density at radius 3 is 2.65 bits per heavy atom. The highest BCUT2D eigenvalue weighted by Gasteiger charge is 2.15. The van der Waals surface area contributed by atoms with Crippen LogP contribution in [0, 0.1) is 14.9 Å². The first-order valence-corrected chi connectivity index (χ1v) is 5.64. The lowest BCUT2D eigenvalue weighted by Crippen LogP contribution is -1.99. The maximum absolute atomic E-state index is 12.6. The largest absolute Gasteiger partial charge is 0.299 e. The van der Waals surface area contributed by atoms with Gasteiger partial charge in [-0.05, 0) is 29.9 Å². The van der Waals surface area contributed by atoms with Crippen LogP contribution in [-0.2, 0) is 0 Å². The molecule has 0 saturated heterocycles. The molecular formula is C10H7F2N5O2S. The molecule has 10 heteroatoms. The van der Waals surface area contributed by atoms with E-state index in [1.165, 1.54) is 30.5 Å². The number of aromatic amines is 1. The molecule has 1 aromatic carbocycles. The average Bonchev–Trinajstić information content (AvgIpc) is 2.78. The number of rotatable bonds is 4. The van der Waals surface area contributed by atoms with Crippen LogP contribution in [0.3, 0.4) is 0 Å². The standard InChI is InChI=1S/C10H7F2N5O2S/c11-8(12)9-14-15-10(20)16(9)13-5-6-1-3-7(4-2-6)17(18)19/h1-5,8H,(H,15,20)/b13-5+. The molecule has 0 radical (unpaired) electrons. The van der Waals surface area contributed by atoms with E-state index in [0.29, 0.717) is 5.56 Å². The van der Waals surface area contributed by atoms with Gasteiger partial charge in [0.15, 0.2) is 0 Å². The minimum Gasteiger partial charge on any atom is -0.258 e. The molecule has 0 unspecified atom stereocenters. The van der Waals surface area contributed by atoms with Crippen LogP contribution in [0.1, 0.15) is 17.8 Å². The van der Waals surface area contributed by atoms with Crippen molar-refractivity contribution < 1.29 is 13.7 Å². The van der Waals surface area contributed by atoms with Gasteiger partial charge in [0.2, 0.25) is 10.6 Å². The Labute approximate surface area is 115 Å². The molecule has 0 aliphatic carbocycles. The number of nitro groups is 1. The number of aromatic nitrogens is 3. The molecule has 0 spiro atoms. The second-order valence-electron chi connectivity index (χ2n) is 3.59. The fraction of sp³-hybridized carbons (Fsp3) is 0.100. The minimum atomic E-state index is -2.82. The maximum atomic E-state index is 12.6. The molecule has 0 saturated carbocycles. The first kappa shape index (κ1) is 13.9. The van der Waals surface area contributed by atoms with Gasteiger partial charge in [0, 0.05) is 12.1 Å². The van der Waals surface area contributed by atoms with E-state index in [1.54, 1.807) is 0 Å². The van der Waals surface area contributed by atoms with E-state index in [9.17, 15) is 18.9 Å². The fourth-order valence-corrected chi connectivity index (χ4v) is 1.55. The summed E-state index contributed by atoms with van der Waals surface area (Å²) in [5, 5.41) is 19.8. The van der Waals surface area contributed by atoms with E-state index >= 15 is 0 Å². The summed E-state index contributed by atoms with van der Waals surface area (Å²) in [5.41, 5.74) is 0.425. The van der Waals surface area contributed by atoms with Crippen LogP contribution in [-0.4, -0.2) is 26.0 Å². The molecule has 0 amide bonds. The Kier molecular flexibility index (Phi) is 3.94. The van der Waals surface area contributed by atoms with Gasteiger partial charge in [0.25, 0.3) is 12.1 Å². The number of nitro benzene ring substituents is 1. The second-order valence-corrected chi connectivity index (χ2v) is 3.98. The third-order valence-electron chi connectivity index (χ3n) is 2.30. The predicted molar refractivity (Wildman–Crippen MR) is 68.5 cm³/mol. The summed E-state index contributed by atoms with van der Waals surface area (Å²) in [6, 6.07) is 5.44. The van der Waals surface area contributed by atoms with Gasteiger partial charge >= 0.3 is 0 Å². The van der Waals surface area contributed by atoms with Crippen molar-refractivity contribution in [3.63, 3.8) is 0 Å². The molecular weight excluding hydrogens is 292 g/mol. The fourth-order valence-electron chi connectivity index (χ4n) is 1.36. The molecule has 0 atom stereocenters. The number of nitrogens with one attached hydrogen (secondary N) is 1. The summed E-state index contributed by atoms with van der Waals surface area (Å²) in [6.45, 7) is 0. The predicted octanol–water partition coefficient (Wildman–Crippen LogP) is 2.67. The SMILES string of the molecule is O=[N+]([O-])c1ccc(/C=N/n2c(C(F)F)n[nH]c2=S)cc1. The van der Waals surface area contributed by atoms with Crippen LogP contribution in [0.4, 0.5) is 14.5 Å². The number of benzene rings is 1. The van der Waals surface area contributed by atoms with Gasteiger partial charge in [-0.15, -0.1) is 0 Å². The molecule has 2 rings (SSSR count). The quantitative estimate of drug-likeness (QED) is 0.407. The van der Waals surface area contributed by atoms with Crippen molar-refractivity contribution in [1.82, 2.24) is 14.9 Å². The molecule has 1 heterocycles. The van der Waals surface area contributed by atoms with E-state index in [0.717, 1.165) is 4.68 Å². The van der Waals surface area contributed by atoms with Crippen LogP contribution < -0.4 is 0 Å². The Morgan fingerprint density at radius 2 is 2.10 bits per heavy atom. The zero-order valence-corrected chi connectivity index (χ0v) is 10.6. The highest BCUT2D eigenvalue weighted by atomic mass is 32.1. The molecule has 1 N–H and O–H groups in total. The van der Waals surface area contributed by atoms with Crippen LogP contribution in [0.2, 0.25) is 0 Å². The van der Waals surface area contributed by atoms with Gasteiger partial charge in [-0.1, -0.05) is 0 Å². The number of nitrogens with zero attached hydrogens (tertiary/aromatic N) is 4.